The molecule has 1 aliphatic carbocycles. The molecule has 0 spiro atoms. The van der Waals surface area contributed by atoms with Crippen molar-refractivity contribution in [2.75, 3.05) is 32.7 Å². The van der Waals surface area contributed by atoms with Crippen LogP contribution in [0.1, 0.15) is 37.2 Å². The molecule has 0 radical (unpaired) electrons. The lowest BCUT2D eigenvalue weighted by Gasteiger charge is -2.34. The number of nitriles is 1. The second-order valence-corrected chi connectivity index (χ2v) is 10.0. The molecule has 3 aliphatic rings. The van der Waals surface area contributed by atoms with Crippen LogP contribution < -0.4 is 5.32 Å². The summed E-state index contributed by atoms with van der Waals surface area (Å²) in [6, 6.07) is 7.51. The summed E-state index contributed by atoms with van der Waals surface area (Å²) in [4.78, 5) is 40.5. The van der Waals surface area contributed by atoms with Gasteiger partial charge in [-0.25, -0.2) is 4.79 Å². The molecule has 0 bridgehead atoms. The van der Waals surface area contributed by atoms with Crippen molar-refractivity contribution in [1.29, 1.82) is 5.26 Å². The first kappa shape index (κ1) is 23.7. The Balaban J connectivity index is 1.41. The SMILES string of the molecule is N#CC1(C(=O)N2CCC(C(=O)N3C[C@H](CNC(=O)O)[C@H](c4ccc(Cl)c(Cl)c4)C3)CC2)CC1. The summed E-state index contributed by atoms with van der Waals surface area (Å²) in [7, 11) is 0. The number of nitrogens with one attached hydrogen (secondary N) is 1. The zero-order chi connectivity index (χ0) is 23.8. The number of nitrogens with zero attached hydrogens (tertiary/aromatic N) is 3. The molecule has 1 aromatic rings. The van der Waals surface area contributed by atoms with Crippen LogP contribution in [0.25, 0.3) is 0 Å². The quantitative estimate of drug-likeness (QED) is 0.653. The number of hydrogen-bond acceptors (Lipinski definition) is 4. The van der Waals surface area contributed by atoms with E-state index in [0.29, 0.717) is 61.9 Å². The van der Waals surface area contributed by atoms with Gasteiger partial charge in [-0.1, -0.05) is 29.3 Å². The van der Waals surface area contributed by atoms with Crippen LogP contribution in [0.4, 0.5) is 4.79 Å². The number of benzene rings is 1. The zero-order valence-electron chi connectivity index (χ0n) is 18.1. The summed E-state index contributed by atoms with van der Waals surface area (Å²) in [6.45, 7) is 2.10. The van der Waals surface area contributed by atoms with Gasteiger partial charge < -0.3 is 20.2 Å². The van der Waals surface area contributed by atoms with E-state index in [1.165, 1.54) is 0 Å². The highest BCUT2D eigenvalue weighted by Crippen LogP contribution is 2.47. The van der Waals surface area contributed by atoms with Gasteiger partial charge in [0.2, 0.25) is 11.8 Å². The van der Waals surface area contributed by atoms with Crippen LogP contribution >= 0.6 is 23.2 Å². The van der Waals surface area contributed by atoms with Gasteiger partial charge in [0.15, 0.2) is 0 Å². The van der Waals surface area contributed by atoms with Crippen LogP contribution in [-0.4, -0.2) is 65.5 Å². The number of hydrogen-bond donors (Lipinski definition) is 2. The van der Waals surface area contributed by atoms with Crippen molar-refractivity contribution in [1.82, 2.24) is 15.1 Å². The third-order valence-electron chi connectivity index (χ3n) is 7.14. The van der Waals surface area contributed by atoms with Gasteiger partial charge in [0.25, 0.3) is 0 Å². The lowest BCUT2D eigenvalue weighted by Crippen LogP contribution is -2.46. The number of piperidine rings is 1. The van der Waals surface area contributed by atoms with Crippen LogP contribution in [0, 0.1) is 28.6 Å². The number of carbonyl (C=O) groups excluding carboxylic acids is 2. The standard InChI is InChI=1S/C23H26Cl2N4O4/c24-18-2-1-15(9-19(18)25)17-12-29(11-16(17)10-27-22(32)33)20(30)14-3-7-28(8-4-14)21(31)23(13-26)5-6-23/h1-2,9,14,16-17,27H,3-8,10-12H2,(H,32,33)/t16-,17-/m0/s1. The molecule has 0 aromatic heterocycles. The van der Waals surface area contributed by atoms with Crippen molar-refractivity contribution in [3.63, 3.8) is 0 Å². The van der Waals surface area contributed by atoms with Gasteiger partial charge in [-0.3, -0.25) is 9.59 Å². The van der Waals surface area contributed by atoms with Gasteiger partial charge in [-0.05, 0) is 43.4 Å². The summed E-state index contributed by atoms with van der Waals surface area (Å²) >= 11 is 12.2. The highest BCUT2D eigenvalue weighted by molar-refractivity contribution is 6.42. The Bertz CT molecular complexity index is 999. The van der Waals surface area contributed by atoms with Crippen molar-refractivity contribution in [2.45, 2.75) is 31.6 Å². The Labute approximate surface area is 202 Å². The smallest absolute Gasteiger partial charge is 0.404 e. The number of halogens is 2. The average molecular weight is 493 g/mol. The molecule has 2 N–H and O–H groups in total. The van der Waals surface area contributed by atoms with Crippen LogP contribution in [0.3, 0.4) is 0 Å². The zero-order valence-corrected chi connectivity index (χ0v) is 19.6. The Morgan fingerprint density at radius 1 is 1.12 bits per heavy atom. The number of carbonyl (C=O) groups is 3. The van der Waals surface area contributed by atoms with Gasteiger partial charge in [0.1, 0.15) is 5.41 Å². The largest absolute Gasteiger partial charge is 0.465 e. The van der Waals surface area contributed by atoms with E-state index in [0.717, 1.165) is 5.56 Å². The highest BCUT2D eigenvalue weighted by Gasteiger charge is 2.53. The fourth-order valence-corrected chi connectivity index (χ4v) is 5.29. The van der Waals surface area contributed by atoms with Crippen LogP contribution in [-0.2, 0) is 9.59 Å². The summed E-state index contributed by atoms with van der Waals surface area (Å²) < 4.78 is 0. The summed E-state index contributed by atoms with van der Waals surface area (Å²) in [5.41, 5.74) is 0.0898. The van der Waals surface area contributed by atoms with E-state index in [4.69, 9.17) is 28.3 Å². The maximum Gasteiger partial charge on any atom is 0.404 e. The van der Waals surface area contributed by atoms with E-state index in [9.17, 15) is 19.6 Å². The Morgan fingerprint density at radius 2 is 1.82 bits per heavy atom. The molecular formula is C23H26Cl2N4O4. The third-order valence-corrected chi connectivity index (χ3v) is 7.88. The van der Waals surface area contributed by atoms with Crippen molar-refractivity contribution in [3.05, 3.63) is 33.8 Å². The van der Waals surface area contributed by atoms with Gasteiger partial charge in [0, 0.05) is 50.5 Å². The molecule has 10 heteroatoms. The Morgan fingerprint density at radius 3 is 2.39 bits per heavy atom. The lowest BCUT2D eigenvalue weighted by molar-refractivity contribution is -0.141. The Kier molecular flexibility index (Phi) is 6.73. The number of rotatable bonds is 5. The van der Waals surface area contributed by atoms with E-state index < -0.39 is 11.5 Å². The fraction of sp³-hybridized carbons (Fsp3) is 0.565. The summed E-state index contributed by atoms with van der Waals surface area (Å²) in [5, 5.41) is 21.6. The monoisotopic (exact) mass is 492 g/mol. The molecule has 0 unspecified atom stereocenters. The molecule has 2 heterocycles. The van der Waals surface area contributed by atoms with Crippen LogP contribution in [0.5, 0.6) is 0 Å². The van der Waals surface area contributed by atoms with Crippen LogP contribution in [0.15, 0.2) is 18.2 Å². The molecule has 3 fully saturated rings. The van der Waals surface area contributed by atoms with E-state index in [1.54, 1.807) is 21.9 Å². The molecule has 33 heavy (non-hydrogen) atoms. The van der Waals surface area contributed by atoms with Gasteiger partial charge in [-0.15, -0.1) is 0 Å². The van der Waals surface area contributed by atoms with E-state index >= 15 is 0 Å². The second kappa shape index (κ2) is 9.40. The molecule has 2 aliphatic heterocycles. The normalized spacial score (nSPS) is 24.3. The molecular weight excluding hydrogens is 467 g/mol. The lowest BCUT2D eigenvalue weighted by atomic mass is 9.89. The Hall–Kier alpha value is -2.50. The highest BCUT2D eigenvalue weighted by atomic mass is 35.5. The second-order valence-electron chi connectivity index (χ2n) is 9.23. The predicted molar refractivity (Wildman–Crippen MR) is 122 cm³/mol. The van der Waals surface area contributed by atoms with E-state index in [2.05, 4.69) is 11.4 Å². The van der Waals surface area contributed by atoms with Crippen molar-refractivity contribution >= 4 is 41.1 Å². The number of likely N-dealkylation sites (tertiary alicyclic amines) is 2. The first-order valence-electron chi connectivity index (χ1n) is 11.2. The fourth-order valence-electron chi connectivity index (χ4n) is 4.99. The minimum absolute atomic E-state index is 0.0337. The molecule has 176 valence electrons. The maximum atomic E-state index is 13.3. The molecule has 2 atom stereocenters. The first-order chi connectivity index (χ1) is 15.7. The summed E-state index contributed by atoms with van der Waals surface area (Å²) in [5.74, 6) is -0.410. The maximum absolute atomic E-state index is 13.3. The van der Waals surface area contributed by atoms with Gasteiger partial charge in [0.05, 0.1) is 16.1 Å². The third kappa shape index (κ3) is 4.90. The topological polar surface area (TPSA) is 114 Å². The van der Waals surface area contributed by atoms with Crippen LogP contribution in [0.2, 0.25) is 10.0 Å². The summed E-state index contributed by atoms with van der Waals surface area (Å²) in [6.07, 6.45) is 1.28. The predicted octanol–water partition coefficient (Wildman–Crippen LogP) is 3.35. The van der Waals surface area contributed by atoms with E-state index in [1.807, 2.05) is 6.07 Å². The molecule has 8 nitrogen and oxygen atoms in total. The number of carboxylic acid groups (broad SMARTS) is 1. The van der Waals surface area contributed by atoms with Crippen molar-refractivity contribution in [2.24, 2.45) is 17.3 Å². The number of amides is 3. The van der Waals surface area contributed by atoms with E-state index in [-0.39, 0.29) is 36.1 Å². The van der Waals surface area contributed by atoms with Gasteiger partial charge >= 0.3 is 6.09 Å². The molecule has 4 rings (SSSR count). The molecule has 3 amide bonds. The average Bonchev–Trinajstić information content (AvgIpc) is 3.50. The first-order valence-corrected chi connectivity index (χ1v) is 11.9. The minimum Gasteiger partial charge on any atom is -0.465 e. The molecule has 1 saturated carbocycles. The molecule has 2 saturated heterocycles. The van der Waals surface area contributed by atoms with Crippen molar-refractivity contribution in [3.8, 4) is 6.07 Å². The van der Waals surface area contributed by atoms with Crippen molar-refractivity contribution < 1.29 is 19.5 Å². The minimum atomic E-state index is -1.10. The molecule has 1 aromatic carbocycles. The van der Waals surface area contributed by atoms with Gasteiger partial charge in [-0.2, -0.15) is 5.26 Å².